The van der Waals surface area contributed by atoms with Gasteiger partial charge in [-0.3, -0.25) is 14.7 Å². The van der Waals surface area contributed by atoms with E-state index in [0.29, 0.717) is 24.5 Å². The molecule has 0 unspecified atom stereocenters. The van der Waals surface area contributed by atoms with Gasteiger partial charge in [0, 0.05) is 44.1 Å². The van der Waals surface area contributed by atoms with Crippen molar-refractivity contribution in [2.75, 3.05) is 26.7 Å². The van der Waals surface area contributed by atoms with Gasteiger partial charge in [-0.2, -0.15) is 0 Å². The fraction of sp³-hybridized carbons (Fsp3) is 0.458. The van der Waals surface area contributed by atoms with E-state index in [1.165, 1.54) is 5.56 Å². The van der Waals surface area contributed by atoms with Gasteiger partial charge >= 0.3 is 0 Å². The number of nitrogens with zero attached hydrogens (tertiary/aromatic N) is 4. The van der Waals surface area contributed by atoms with E-state index >= 15 is 0 Å². The van der Waals surface area contributed by atoms with Crippen molar-refractivity contribution in [3.63, 3.8) is 0 Å². The van der Waals surface area contributed by atoms with E-state index in [2.05, 4.69) is 28.8 Å². The molecule has 3 rings (SSSR count). The smallest absolute Gasteiger partial charge is 0.259 e. The van der Waals surface area contributed by atoms with Crippen molar-refractivity contribution in [2.24, 2.45) is 5.92 Å². The molecule has 31 heavy (non-hydrogen) atoms. The van der Waals surface area contributed by atoms with Gasteiger partial charge in [0.15, 0.2) is 0 Å². The number of fused-ring (bicyclic) bond motifs is 1. The highest BCUT2D eigenvalue weighted by Gasteiger charge is 2.34. The molecule has 0 bridgehead atoms. The third kappa shape index (κ3) is 5.68. The molecule has 3 heterocycles. The van der Waals surface area contributed by atoms with Gasteiger partial charge in [-0.25, -0.2) is 4.98 Å². The molecule has 1 amide bonds. The average molecular weight is 425 g/mol. The van der Waals surface area contributed by atoms with Crippen LogP contribution in [0.2, 0.25) is 0 Å². The Kier molecular flexibility index (Phi) is 7.76. The zero-order valence-corrected chi connectivity index (χ0v) is 18.7. The molecule has 0 saturated carbocycles. The van der Waals surface area contributed by atoms with Crippen molar-refractivity contribution in [1.29, 1.82) is 0 Å². The van der Waals surface area contributed by atoms with Crippen LogP contribution in [0.4, 0.5) is 0 Å². The largest absolute Gasteiger partial charge is 0.472 e. The molecule has 3 atom stereocenters. The number of carbonyl (C=O) groups excluding carboxylic acids is 1. The Bertz CT molecular complexity index is 903. The fourth-order valence-corrected chi connectivity index (χ4v) is 3.79. The number of ether oxygens (including phenoxy) is 1. The second-order valence-electron chi connectivity index (χ2n) is 8.30. The summed E-state index contributed by atoms with van der Waals surface area (Å²) < 4.78 is 6.32. The van der Waals surface area contributed by atoms with Gasteiger partial charge in [0.05, 0.1) is 12.6 Å². The fourth-order valence-electron chi connectivity index (χ4n) is 3.79. The van der Waals surface area contributed by atoms with E-state index in [-0.39, 0.29) is 30.6 Å². The number of allylic oxidation sites excluding steroid dienone is 1. The summed E-state index contributed by atoms with van der Waals surface area (Å²) in [6.45, 7) is 7.72. The van der Waals surface area contributed by atoms with Gasteiger partial charge in [-0.1, -0.05) is 19.1 Å². The van der Waals surface area contributed by atoms with E-state index in [4.69, 9.17) is 4.74 Å². The van der Waals surface area contributed by atoms with Crippen LogP contribution < -0.4 is 4.74 Å². The first-order chi connectivity index (χ1) is 14.9. The van der Waals surface area contributed by atoms with E-state index < -0.39 is 0 Å². The number of aliphatic hydroxyl groups excluding tert-OH is 1. The van der Waals surface area contributed by atoms with Gasteiger partial charge in [-0.05, 0) is 50.2 Å². The van der Waals surface area contributed by atoms with Crippen LogP contribution in [0.25, 0.3) is 6.08 Å². The lowest BCUT2D eigenvalue weighted by atomic mass is 9.99. The summed E-state index contributed by atoms with van der Waals surface area (Å²) >= 11 is 0. The van der Waals surface area contributed by atoms with Crippen molar-refractivity contribution < 1.29 is 14.6 Å². The van der Waals surface area contributed by atoms with Crippen LogP contribution in [0.15, 0.2) is 42.9 Å². The highest BCUT2D eigenvalue weighted by molar-refractivity contribution is 5.97. The predicted octanol–water partition coefficient (Wildman–Crippen LogP) is 2.86. The highest BCUT2D eigenvalue weighted by atomic mass is 16.5. The van der Waals surface area contributed by atoms with Crippen molar-refractivity contribution >= 4 is 12.0 Å². The topological polar surface area (TPSA) is 78.8 Å². The molecule has 1 aliphatic heterocycles. The Morgan fingerprint density at radius 2 is 2.13 bits per heavy atom. The van der Waals surface area contributed by atoms with Crippen LogP contribution in [-0.2, 0) is 6.54 Å². The Labute approximate surface area is 184 Å². The number of carbonyl (C=O) groups is 1. The van der Waals surface area contributed by atoms with Gasteiger partial charge in [0.1, 0.15) is 11.7 Å². The van der Waals surface area contributed by atoms with Crippen molar-refractivity contribution in [2.45, 2.75) is 39.5 Å². The number of aliphatic hydroxyl groups is 1. The van der Waals surface area contributed by atoms with Crippen LogP contribution in [0.5, 0.6) is 5.88 Å². The first kappa shape index (κ1) is 22.9. The maximum atomic E-state index is 13.3. The number of hydrogen-bond acceptors (Lipinski definition) is 6. The molecule has 0 fully saturated rings. The van der Waals surface area contributed by atoms with E-state index in [1.54, 1.807) is 23.5 Å². The van der Waals surface area contributed by atoms with Gasteiger partial charge in [-0.15, -0.1) is 0 Å². The van der Waals surface area contributed by atoms with Gasteiger partial charge < -0.3 is 14.7 Å². The Balaban J connectivity index is 1.89. The molecule has 1 N–H and O–H groups in total. The molecule has 1 aliphatic rings. The van der Waals surface area contributed by atoms with Crippen LogP contribution >= 0.6 is 0 Å². The quantitative estimate of drug-likeness (QED) is 0.736. The first-order valence-electron chi connectivity index (χ1n) is 10.7. The van der Waals surface area contributed by atoms with Crippen molar-refractivity contribution in [3.8, 4) is 5.88 Å². The lowest BCUT2D eigenvalue weighted by Gasteiger charge is -2.37. The average Bonchev–Trinajstić information content (AvgIpc) is 2.77. The molecule has 0 radical (unpaired) electrons. The monoisotopic (exact) mass is 424 g/mol. The molecule has 0 aromatic carbocycles. The highest BCUT2D eigenvalue weighted by Crippen LogP contribution is 2.27. The molecule has 0 spiro atoms. The Hall–Kier alpha value is -2.77. The predicted molar refractivity (Wildman–Crippen MR) is 121 cm³/mol. The van der Waals surface area contributed by atoms with Crippen LogP contribution in [0.3, 0.4) is 0 Å². The molecule has 2 aromatic heterocycles. The van der Waals surface area contributed by atoms with E-state index in [9.17, 15) is 9.90 Å². The molecular formula is C24H32N4O3. The minimum absolute atomic E-state index is 0.0583. The number of aromatic nitrogens is 2. The summed E-state index contributed by atoms with van der Waals surface area (Å²) in [6, 6.07) is 5.53. The minimum Gasteiger partial charge on any atom is -0.472 e. The minimum atomic E-state index is -0.290. The third-order valence-corrected chi connectivity index (χ3v) is 5.59. The van der Waals surface area contributed by atoms with Crippen LogP contribution in [-0.4, -0.2) is 69.7 Å². The normalized spacial score (nSPS) is 20.3. The molecule has 2 aromatic rings. The molecular weight excluding hydrogens is 392 g/mol. The second kappa shape index (κ2) is 10.5. The number of pyridine rings is 2. The van der Waals surface area contributed by atoms with E-state index in [1.807, 2.05) is 44.2 Å². The lowest BCUT2D eigenvalue weighted by Crippen LogP contribution is -2.49. The summed E-state index contributed by atoms with van der Waals surface area (Å²) in [6.07, 6.45) is 8.95. The second-order valence-corrected chi connectivity index (χ2v) is 8.30. The summed E-state index contributed by atoms with van der Waals surface area (Å²) in [5.74, 6) is 0.246. The van der Waals surface area contributed by atoms with E-state index in [0.717, 1.165) is 12.1 Å². The van der Waals surface area contributed by atoms with Gasteiger partial charge in [0.25, 0.3) is 5.91 Å². The number of amides is 1. The zero-order valence-electron chi connectivity index (χ0n) is 18.7. The number of likely N-dealkylation sites (N-methyl/N-ethyl adjacent to an activating group) is 1. The summed E-state index contributed by atoms with van der Waals surface area (Å²) in [5.41, 5.74) is 2.45. The molecule has 166 valence electrons. The molecule has 0 aliphatic carbocycles. The summed E-state index contributed by atoms with van der Waals surface area (Å²) in [5, 5.41) is 9.75. The van der Waals surface area contributed by atoms with Crippen LogP contribution in [0, 0.1) is 5.92 Å². The van der Waals surface area contributed by atoms with Crippen LogP contribution in [0.1, 0.15) is 42.3 Å². The molecule has 7 nitrogen and oxygen atoms in total. The number of hydrogen-bond donors (Lipinski definition) is 1. The lowest BCUT2D eigenvalue weighted by molar-refractivity contribution is 0.0325. The Morgan fingerprint density at radius 3 is 2.81 bits per heavy atom. The third-order valence-electron chi connectivity index (χ3n) is 5.59. The maximum Gasteiger partial charge on any atom is 0.259 e. The number of rotatable bonds is 7. The summed E-state index contributed by atoms with van der Waals surface area (Å²) in [4.78, 5) is 25.8. The van der Waals surface area contributed by atoms with Gasteiger partial charge in [0.2, 0.25) is 5.88 Å². The maximum absolute atomic E-state index is 13.3. The first-order valence-corrected chi connectivity index (χ1v) is 10.7. The molecule has 7 heteroatoms. The zero-order chi connectivity index (χ0) is 22.4. The molecule has 0 saturated heterocycles. The SMILES string of the molecule is C/C=C/c1cnc2c(c1)C(=O)N([C@@H](C)CO)C[C@@H](C)[C@@H](CN(C)Cc1ccncc1)O2. The van der Waals surface area contributed by atoms with Crippen molar-refractivity contribution in [3.05, 3.63) is 59.6 Å². The van der Waals surface area contributed by atoms with Crippen molar-refractivity contribution in [1.82, 2.24) is 19.8 Å². The standard InChI is InChI=1S/C24H32N4O3/c1-5-6-20-11-21-23(26-12-20)31-22(15-27(4)14-19-7-9-25-10-8-19)17(2)13-28(24(21)30)18(3)16-29/h5-12,17-18,22,29H,13-16H2,1-4H3/b6-5+/t17-,18+,22-/m1/s1. The Morgan fingerprint density at radius 1 is 1.39 bits per heavy atom. The summed E-state index contributed by atoms with van der Waals surface area (Å²) in [7, 11) is 2.05.